The molecular formula is C43H28N2. The Morgan fingerprint density at radius 3 is 1.53 bits per heavy atom. The number of benzene rings is 8. The van der Waals surface area contributed by atoms with E-state index >= 15 is 0 Å². The molecule has 0 saturated carbocycles. The molecule has 0 saturated heterocycles. The second-order valence-electron chi connectivity index (χ2n) is 11.6. The first-order chi connectivity index (χ1) is 22.3. The smallest absolute Gasteiger partial charge is 0.145 e. The molecule has 0 aliphatic rings. The molecule has 9 rings (SSSR count). The van der Waals surface area contributed by atoms with E-state index in [0.717, 1.165) is 28.1 Å². The molecule has 0 N–H and O–H groups in total. The van der Waals surface area contributed by atoms with Crippen molar-refractivity contribution in [1.29, 1.82) is 0 Å². The lowest BCUT2D eigenvalue weighted by Gasteiger charge is -2.19. The number of hydrogen-bond donors (Lipinski definition) is 0. The maximum Gasteiger partial charge on any atom is 0.145 e. The first-order valence-corrected chi connectivity index (χ1v) is 15.4. The molecule has 9 aromatic rings. The van der Waals surface area contributed by atoms with Crippen molar-refractivity contribution in [2.75, 3.05) is 0 Å². The van der Waals surface area contributed by atoms with Crippen molar-refractivity contribution in [2.45, 2.75) is 0 Å². The van der Waals surface area contributed by atoms with Crippen LogP contribution in [0.4, 0.5) is 0 Å². The van der Waals surface area contributed by atoms with E-state index < -0.39 is 0 Å². The minimum atomic E-state index is 0.934. The maximum atomic E-state index is 5.22. The van der Waals surface area contributed by atoms with Crippen molar-refractivity contribution < 1.29 is 0 Å². The van der Waals surface area contributed by atoms with Gasteiger partial charge in [-0.05, 0) is 97.0 Å². The lowest BCUT2D eigenvalue weighted by atomic mass is 9.84. The van der Waals surface area contributed by atoms with Gasteiger partial charge in [-0.2, -0.15) is 0 Å². The summed E-state index contributed by atoms with van der Waals surface area (Å²) < 4.78 is 2.28. The van der Waals surface area contributed by atoms with Crippen molar-refractivity contribution in [1.82, 2.24) is 9.55 Å². The zero-order valence-electron chi connectivity index (χ0n) is 24.6. The molecule has 1 heterocycles. The molecule has 0 radical (unpaired) electrons. The van der Waals surface area contributed by atoms with Crippen molar-refractivity contribution >= 4 is 43.4 Å². The summed E-state index contributed by atoms with van der Waals surface area (Å²) in [5, 5.41) is 7.44. The van der Waals surface area contributed by atoms with Gasteiger partial charge in [-0.3, -0.25) is 4.57 Å². The number of aromatic nitrogens is 2. The van der Waals surface area contributed by atoms with Gasteiger partial charge in [0.1, 0.15) is 5.82 Å². The highest BCUT2D eigenvalue weighted by atomic mass is 15.1. The molecule has 45 heavy (non-hydrogen) atoms. The van der Waals surface area contributed by atoms with Gasteiger partial charge in [0.2, 0.25) is 0 Å². The number of nitrogens with zero attached hydrogens (tertiary/aromatic N) is 2. The molecule has 210 valence electrons. The van der Waals surface area contributed by atoms with E-state index in [2.05, 4.69) is 174 Å². The molecule has 0 amide bonds. The predicted octanol–water partition coefficient (Wildman–Crippen LogP) is 11.5. The molecule has 0 aliphatic heterocycles. The van der Waals surface area contributed by atoms with Gasteiger partial charge in [-0.1, -0.05) is 127 Å². The van der Waals surface area contributed by atoms with Crippen LogP contribution in [0, 0.1) is 0 Å². The van der Waals surface area contributed by atoms with Crippen LogP contribution in [0.1, 0.15) is 0 Å². The zero-order chi connectivity index (χ0) is 29.7. The topological polar surface area (TPSA) is 17.8 Å². The Hall–Kier alpha value is -5.99. The number of rotatable bonds is 4. The second-order valence-corrected chi connectivity index (χ2v) is 11.6. The highest BCUT2D eigenvalue weighted by molar-refractivity contribution is 6.24. The average molecular weight is 573 g/mol. The van der Waals surface area contributed by atoms with E-state index in [1.807, 2.05) is 0 Å². The van der Waals surface area contributed by atoms with E-state index in [0.29, 0.717) is 0 Å². The van der Waals surface area contributed by atoms with Gasteiger partial charge in [-0.25, -0.2) is 4.98 Å². The highest BCUT2D eigenvalue weighted by Gasteiger charge is 2.20. The van der Waals surface area contributed by atoms with Gasteiger partial charge in [0.25, 0.3) is 0 Å². The third-order valence-electron chi connectivity index (χ3n) is 8.94. The van der Waals surface area contributed by atoms with Crippen LogP contribution in [-0.2, 0) is 0 Å². The lowest BCUT2D eigenvalue weighted by molar-refractivity contribution is 1.10. The summed E-state index contributed by atoms with van der Waals surface area (Å²) in [6, 6.07) is 61.0. The monoisotopic (exact) mass is 572 g/mol. The van der Waals surface area contributed by atoms with Crippen molar-refractivity contribution in [3.63, 3.8) is 0 Å². The average Bonchev–Trinajstić information content (AvgIpc) is 3.50. The molecule has 0 bridgehead atoms. The van der Waals surface area contributed by atoms with Crippen LogP contribution in [0.25, 0.3) is 82.7 Å². The van der Waals surface area contributed by atoms with Crippen LogP contribution in [0.3, 0.4) is 0 Å². The van der Waals surface area contributed by atoms with E-state index in [9.17, 15) is 0 Å². The summed E-state index contributed by atoms with van der Waals surface area (Å²) in [5.74, 6) is 0.934. The Bertz CT molecular complexity index is 2510. The summed E-state index contributed by atoms with van der Waals surface area (Å²) in [6.45, 7) is 0. The summed E-state index contributed by atoms with van der Waals surface area (Å²) in [4.78, 5) is 5.22. The number of imidazole rings is 1. The van der Waals surface area contributed by atoms with Crippen LogP contribution in [0.5, 0.6) is 0 Å². The van der Waals surface area contributed by atoms with Crippen molar-refractivity contribution in [3.05, 3.63) is 170 Å². The normalized spacial score (nSPS) is 11.6. The van der Waals surface area contributed by atoms with Crippen LogP contribution in [0.15, 0.2) is 170 Å². The van der Waals surface area contributed by atoms with Crippen molar-refractivity contribution in [3.8, 4) is 39.3 Å². The molecular weight excluding hydrogens is 544 g/mol. The molecule has 8 aromatic carbocycles. The Morgan fingerprint density at radius 1 is 0.378 bits per heavy atom. The lowest BCUT2D eigenvalue weighted by Crippen LogP contribution is -1.98. The van der Waals surface area contributed by atoms with Gasteiger partial charge in [0.05, 0.1) is 11.0 Å². The second kappa shape index (κ2) is 10.3. The van der Waals surface area contributed by atoms with Crippen LogP contribution >= 0.6 is 0 Å². The third kappa shape index (κ3) is 4.15. The van der Waals surface area contributed by atoms with Crippen LogP contribution < -0.4 is 0 Å². The Balaban J connectivity index is 1.45. The Kier molecular flexibility index (Phi) is 5.85. The third-order valence-corrected chi connectivity index (χ3v) is 8.94. The van der Waals surface area contributed by atoms with E-state index in [4.69, 9.17) is 4.98 Å². The number of fused-ring (bicyclic) bond motifs is 4. The Labute approximate surface area is 261 Å². The van der Waals surface area contributed by atoms with Gasteiger partial charge >= 0.3 is 0 Å². The maximum absolute atomic E-state index is 5.22. The largest absolute Gasteiger partial charge is 0.292 e. The van der Waals surface area contributed by atoms with Gasteiger partial charge in [0.15, 0.2) is 0 Å². The summed E-state index contributed by atoms with van der Waals surface area (Å²) in [7, 11) is 0. The molecule has 1 aromatic heterocycles. The molecule has 0 atom stereocenters. The van der Waals surface area contributed by atoms with E-state index in [-0.39, 0.29) is 0 Å². The Morgan fingerprint density at radius 2 is 0.889 bits per heavy atom. The fraction of sp³-hybridized carbons (Fsp3) is 0. The molecule has 2 heteroatoms. The fourth-order valence-electron chi connectivity index (χ4n) is 6.94. The minimum absolute atomic E-state index is 0.934. The van der Waals surface area contributed by atoms with Crippen LogP contribution in [0.2, 0.25) is 0 Å². The first-order valence-electron chi connectivity index (χ1n) is 15.4. The van der Waals surface area contributed by atoms with Crippen molar-refractivity contribution in [2.24, 2.45) is 0 Å². The highest BCUT2D eigenvalue weighted by Crippen LogP contribution is 2.46. The van der Waals surface area contributed by atoms with Crippen LogP contribution in [-0.4, -0.2) is 9.55 Å². The zero-order valence-corrected chi connectivity index (χ0v) is 24.6. The van der Waals surface area contributed by atoms with E-state index in [1.165, 1.54) is 54.6 Å². The molecule has 0 unspecified atom stereocenters. The van der Waals surface area contributed by atoms with Gasteiger partial charge < -0.3 is 0 Å². The SMILES string of the molecule is c1ccc(-c2c3ccc(-c4nc5ccccc5n4-c4ccccc4)cc3c(-c3ccccc3)c3cc4ccccc4cc23)cc1. The number of hydrogen-bond acceptors (Lipinski definition) is 1. The van der Waals surface area contributed by atoms with Gasteiger partial charge in [0, 0.05) is 11.3 Å². The molecule has 0 spiro atoms. The van der Waals surface area contributed by atoms with Gasteiger partial charge in [-0.15, -0.1) is 0 Å². The molecule has 0 fully saturated rings. The summed E-state index contributed by atoms with van der Waals surface area (Å²) in [6.07, 6.45) is 0. The first kappa shape index (κ1) is 25.5. The summed E-state index contributed by atoms with van der Waals surface area (Å²) in [5.41, 5.74) is 9.18. The summed E-state index contributed by atoms with van der Waals surface area (Å²) >= 11 is 0. The quantitative estimate of drug-likeness (QED) is 0.192. The predicted molar refractivity (Wildman–Crippen MR) is 190 cm³/mol. The molecule has 2 nitrogen and oxygen atoms in total. The number of para-hydroxylation sites is 3. The molecule has 0 aliphatic carbocycles. The standard InChI is InChI=1S/C43H28N2/c1-4-14-29(15-5-1)41-35-25-24-33(43-44-39-22-12-13-23-40(39)45(43)34-20-8-3-9-21-34)28-36(35)42(30-16-6-2-7-17-30)38-27-32-19-11-10-18-31(32)26-37(38)41/h1-28H. The van der Waals surface area contributed by atoms with E-state index in [1.54, 1.807) is 0 Å². The minimum Gasteiger partial charge on any atom is -0.292 e. The fourth-order valence-corrected chi connectivity index (χ4v) is 6.94.